The van der Waals surface area contributed by atoms with Gasteiger partial charge < -0.3 is 15.0 Å². The molecular formula is C15H20N4O5. The van der Waals surface area contributed by atoms with Gasteiger partial charge in [-0.25, -0.2) is 0 Å². The number of nitro benzene ring substituents is 1. The fourth-order valence-electron chi connectivity index (χ4n) is 2.51. The molecule has 1 aromatic rings. The Morgan fingerprint density at radius 1 is 1.29 bits per heavy atom. The van der Waals surface area contributed by atoms with Gasteiger partial charge in [0.25, 0.3) is 5.69 Å². The third-order valence-corrected chi connectivity index (χ3v) is 3.85. The number of carbonyl (C=O) groups excluding carboxylic acids is 2. The minimum Gasteiger partial charge on any atom is -0.494 e. The van der Waals surface area contributed by atoms with Gasteiger partial charge in [0.15, 0.2) is 0 Å². The first-order valence-electron chi connectivity index (χ1n) is 7.51. The summed E-state index contributed by atoms with van der Waals surface area (Å²) in [5.41, 5.74) is 0.278. The maximum absolute atomic E-state index is 12.2. The van der Waals surface area contributed by atoms with Gasteiger partial charge in [-0.1, -0.05) is 0 Å². The van der Waals surface area contributed by atoms with Gasteiger partial charge in [-0.15, -0.1) is 0 Å². The summed E-state index contributed by atoms with van der Waals surface area (Å²) in [7, 11) is 1.38. The molecule has 0 aromatic heterocycles. The summed E-state index contributed by atoms with van der Waals surface area (Å²) < 4.78 is 5.09. The maximum atomic E-state index is 12.2. The van der Waals surface area contributed by atoms with Gasteiger partial charge in [0.05, 0.1) is 30.3 Å². The molecule has 24 heavy (non-hydrogen) atoms. The van der Waals surface area contributed by atoms with Crippen molar-refractivity contribution in [1.29, 1.82) is 0 Å². The quantitative estimate of drug-likeness (QED) is 0.627. The predicted octanol–water partition coefficient (Wildman–Crippen LogP) is 0.706. The van der Waals surface area contributed by atoms with Gasteiger partial charge in [-0.05, 0) is 6.07 Å². The van der Waals surface area contributed by atoms with Crippen LogP contribution < -0.4 is 10.1 Å². The number of nitrogens with one attached hydrogen (secondary N) is 1. The largest absolute Gasteiger partial charge is 0.494 e. The normalized spacial score (nSPS) is 15.0. The molecule has 1 heterocycles. The number of methoxy groups -OCH3 is 1. The van der Waals surface area contributed by atoms with Crippen molar-refractivity contribution in [1.82, 2.24) is 9.80 Å². The lowest BCUT2D eigenvalue weighted by Gasteiger charge is -2.33. The highest BCUT2D eigenvalue weighted by Crippen LogP contribution is 2.28. The van der Waals surface area contributed by atoms with Crippen molar-refractivity contribution >= 4 is 23.2 Å². The fraction of sp³-hybridized carbons (Fsp3) is 0.467. The Morgan fingerprint density at radius 3 is 2.50 bits per heavy atom. The molecule has 0 atom stereocenters. The van der Waals surface area contributed by atoms with Crippen LogP contribution in [0.3, 0.4) is 0 Å². The number of ether oxygens (including phenoxy) is 1. The van der Waals surface area contributed by atoms with Crippen LogP contribution in [0.2, 0.25) is 0 Å². The Balaban J connectivity index is 1.93. The molecule has 1 aliphatic heterocycles. The number of anilines is 1. The van der Waals surface area contributed by atoms with Crippen LogP contribution in [-0.4, -0.2) is 66.4 Å². The van der Waals surface area contributed by atoms with E-state index in [-0.39, 0.29) is 29.8 Å². The van der Waals surface area contributed by atoms with Crippen LogP contribution in [-0.2, 0) is 9.59 Å². The van der Waals surface area contributed by atoms with E-state index in [2.05, 4.69) is 5.32 Å². The first-order valence-corrected chi connectivity index (χ1v) is 7.51. The molecule has 0 spiro atoms. The van der Waals surface area contributed by atoms with Gasteiger partial charge >= 0.3 is 0 Å². The second-order valence-electron chi connectivity index (χ2n) is 5.47. The lowest BCUT2D eigenvalue weighted by molar-refractivity contribution is -0.384. The van der Waals surface area contributed by atoms with Crippen molar-refractivity contribution in [3.63, 3.8) is 0 Å². The molecule has 9 heteroatoms. The minimum absolute atomic E-state index is 0.0368. The van der Waals surface area contributed by atoms with E-state index < -0.39 is 4.92 Å². The highest BCUT2D eigenvalue weighted by Gasteiger charge is 2.21. The van der Waals surface area contributed by atoms with Crippen LogP contribution in [0.4, 0.5) is 11.4 Å². The lowest BCUT2D eigenvalue weighted by Crippen LogP contribution is -2.49. The zero-order valence-corrected chi connectivity index (χ0v) is 13.7. The molecule has 0 radical (unpaired) electrons. The van der Waals surface area contributed by atoms with Crippen molar-refractivity contribution in [3.8, 4) is 5.75 Å². The molecular weight excluding hydrogens is 316 g/mol. The summed E-state index contributed by atoms with van der Waals surface area (Å²) in [5, 5.41) is 13.5. The number of hydrogen-bond acceptors (Lipinski definition) is 6. The molecule has 130 valence electrons. The van der Waals surface area contributed by atoms with E-state index in [1.54, 1.807) is 4.90 Å². The topological polar surface area (TPSA) is 105 Å². The van der Waals surface area contributed by atoms with Gasteiger partial charge in [-0.3, -0.25) is 24.6 Å². The van der Waals surface area contributed by atoms with E-state index in [0.29, 0.717) is 31.9 Å². The highest BCUT2D eigenvalue weighted by atomic mass is 16.6. The van der Waals surface area contributed by atoms with Crippen molar-refractivity contribution in [2.24, 2.45) is 0 Å². The number of piperazine rings is 1. The maximum Gasteiger partial charge on any atom is 0.273 e. The summed E-state index contributed by atoms with van der Waals surface area (Å²) in [6.45, 7) is 4.18. The second-order valence-corrected chi connectivity index (χ2v) is 5.47. The van der Waals surface area contributed by atoms with Crippen LogP contribution in [0.5, 0.6) is 5.75 Å². The Morgan fingerprint density at radius 2 is 1.96 bits per heavy atom. The molecule has 1 N–H and O–H groups in total. The van der Waals surface area contributed by atoms with E-state index in [1.807, 2.05) is 4.90 Å². The van der Waals surface area contributed by atoms with E-state index in [0.717, 1.165) is 0 Å². The molecule has 0 saturated carbocycles. The van der Waals surface area contributed by atoms with Gasteiger partial charge in [-0.2, -0.15) is 0 Å². The van der Waals surface area contributed by atoms with E-state index in [1.165, 1.54) is 32.2 Å². The summed E-state index contributed by atoms with van der Waals surface area (Å²) >= 11 is 0. The van der Waals surface area contributed by atoms with E-state index in [9.17, 15) is 19.7 Å². The smallest absolute Gasteiger partial charge is 0.273 e. The number of nitro groups is 1. The zero-order valence-electron chi connectivity index (χ0n) is 13.7. The van der Waals surface area contributed by atoms with E-state index >= 15 is 0 Å². The number of rotatable bonds is 5. The SMILES string of the molecule is COc1cc([N+](=O)[O-])ccc1NC(=O)CN1CCN(C(C)=O)CC1. The van der Waals surface area contributed by atoms with Crippen LogP contribution in [0.15, 0.2) is 18.2 Å². The van der Waals surface area contributed by atoms with E-state index in [4.69, 9.17) is 4.74 Å². The Labute approximate surface area is 139 Å². The summed E-state index contributed by atoms with van der Waals surface area (Å²) in [4.78, 5) is 37.4. The molecule has 0 bridgehead atoms. The average molecular weight is 336 g/mol. The molecule has 1 aromatic carbocycles. The average Bonchev–Trinajstić information content (AvgIpc) is 2.55. The van der Waals surface area contributed by atoms with Crippen molar-refractivity contribution in [2.45, 2.75) is 6.92 Å². The predicted molar refractivity (Wildman–Crippen MR) is 87.0 cm³/mol. The first kappa shape index (κ1) is 17.7. The highest BCUT2D eigenvalue weighted by molar-refractivity contribution is 5.94. The number of amides is 2. The van der Waals surface area contributed by atoms with Gasteiger partial charge in [0.1, 0.15) is 5.75 Å². The standard InChI is InChI=1S/C15H20N4O5/c1-11(20)18-7-5-17(6-8-18)10-15(21)16-13-4-3-12(19(22)23)9-14(13)24-2/h3-4,9H,5-8,10H2,1-2H3,(H,16,21). The number of benzene rings is 1. The van der Waals surface area contributed by atoms with Crippen molar-refractivity contribution in [3.05, 3.63) is 28.3 Å². The minimum atomic E-state index is -0.525. The monoisotopic (exact) mass is 336 g/mol. The Hall–Kier alpha value is -2.68. The number of carbonyl (C=O) groups is 2. The summed E-state index contributed by atoms with van der Waals surface area (Å²) in [6, 6.07) is 4.02. The number of hydrogen-bond donors (Lipinski definition) is 1. The molecule has 1 fully saturated rings. The van der Waals surface area contributed by atoms with Crippen molar-refractivity contribution < 1.29 is 19.2 Å². The zero-order chi connectivity index (χ0) is 17.7. The first-order chi connectivity index (χ1) is 11.4. The molecule has 9 nitrogen and oxygen atoms in total. The van der Waals surface area contributed by atoms with Crippen LogP contribution >= 0.6 is 0 Å². The number of non-ortho nitro benzene ring substituents is 1. The third-order valence-electron chi connectivity index (χ3n) is 3.85. The molecule has 1 aliphatic rings. The Bertz CT molecular complexity index is 641. The van der Waals surface area contributed by atoms with Gasteiger partial charge in [0, 0.05) is 39.2 Å². The lowest BCUT2D eigenvalue weighted by atomic mass is 10.2. The number of nitrogens with zero attached hydrogens (tertiary/aromatic N) is 3. The summed E-state index contributed by atoms with van der Waals surface area (Å²) in [5.74, 6) is 0.0343. The van der Waals surface area contributed by atoms with Crippen LogP contribution in [0, 0.1) is 10.1 Å². The molecule has 2 rings (SSSR count). The Kier molecular flexibility index (Phi) is 5.69. The fourth-order valence-corrected chi connectivity index (χ4v) is 2.51. The molecule has 0 aliphatic carbocycles. The van der Waals surface area contributed by atoms with Gasteiger partial charge in [0.2, 0.25) is 11.8 Å². The molecule has 2 amide bonds. The van der Waals surface area contributed by atoms with Crippen LogP contribution in [0.1, 0.15) is 6.92 Å². The third kappa shape index (κ3) is 4.42. The second kappa shape index (κ2) is 7.73. The van der Waals surface area contributed by atoms with Crippen molar-refractivity contribution in [2.75, 3.05) is 45.2 Å². The molecule has 0 unspecified atom stereocenters. The summed E-state index contributed by atoms with van der Waals surface area (Å²) in [6.07, 6.45) is 0. The molecule has 1 saturated heterocycles. The van der Waals surface area contributed by atoms with Crippen LogP contribution in [0.25, 0.3) is 0 Å².